The summed E-state index contributed by atoms with van der Waals surface area (Å²) < 4.78 is 15.7. The number of pyridine rings is 1. The molecule has 98 valence electrons. The van der Waals surface area contributed by atoms with E-state index in [1.54, 1.807) is 0 Å². The zero-order chi connectivity index (χ0) is 13.1. The molecule has 2 rings (SSSR count). The lowest BCUT2D eigenvalue weighted by molar-refractivity contribution is 0.492. The number of hydrogen-bond acceptors (Lipinski definition) is 2. The summed E-state index contributed by atoms with van der Waals surface area (Å²) in [6.45, 7) is 5.02. The van der Waals surface area contributed by atoms with Gasteiger partial charge in [0, 0.05) is 13.1 Å². The van der Waals surface area contributed by atoms with E-state index in [2.05, 4.69) is 39.5 Å². The molecule has 2 aromatic rings. The van der Waals surface area contributed by atoms with Crippen LogP contribution in [0.25, 0.3) is 5.52 Å². The van der Waals surface area contributed by atoms with Gasteiger partial charge in [0.2, 0.25) is 0 Å². The molecule has 0 bridgehead atoms. The number of aryl methyl sites for hydroxylation is 1. The minimum absolute atomic E-state index is 0.335. The van der Waals surface area contributed by atoms with Gasteiger partial charge in [0.1, 0.15) is 10.4 Å². The monoisotopic (exact) mass is 361 g/mol. The van der Waals surface area contributed by atoms with E-state index in [1.807, 2.05) is 29.6 Å². The Morgan fingerprint density at radius 2 is 2.17 bits per heavy atom. The highest BCUT2D eigenvalue weighted by atomic mass is 127. The molecule has 0 amide bonds. The summed E-state index contributed by atoms with van der Waals surface area (Å²) in [7, 11) is 0. The Balaban J connectivity index is 2.62. The minimum Gasteiger partial charge on any atom is -0.366 e. The van der Waals surface area contributed by atoms with Crippen LogP contribution in [0.15, 0.2) is 18.2 Å². The van der Waals surface area contributed by atoms with Gasteiger partial charge in [0.15, 0.2) is 0 Å². The molecule has 0 aliphatic heterocycles. The number of fused-ring (bicyclic) bond motifs is 1. The van der Waals surface area contributed by atoms with Gasteiger partial charge in [-0.15, -0.1) is 0 Å². The first-order valence-electron chi connectivity index (χ1n) is 6.19. The van der Waals surface area contributed by atoms with Crippen molar-refractivity contribution in [1.82, 2.24) is 9.61 Å². The molecular weight excluding hydrogens is 344 g/mol. The molecule has 3 nitrogen and oxygen atoms in total. The summed E-state index contributed by atoms with van der Waals surface area (Å²) >= 11 is 2.27. The van der Waals surface area contributed by atoms with Crippen molar-refractivity contribution in [3.63, 3.8) is 0 Å². The number of anilines is 1. The Kier molecular flexibility index (Phi) is 4.42. The fourth-order valence-corrected chi connectivity index (χ4v) is 2.76. The zero-order valence-corrected chi connectivity index (χ0v) is 12.8. The molecule has 0 fully saturated rings. The normalized spacial score (nSPS) is 11.1. The maximum atomic E-state index is 12.7. The van der Waals surface area contributed by atoms with Crippen LogP contribution in [0.4, 0.5) is 10.1 Å². The molecule has 0 saturated heterocycles. The number of alkyl halides is 1. The van der Waals surface area contributed by atoms with Gasteiger partial charge in [-0.3, -0.25) is 0 Å². The molecular formula is C13H17FIN3. The van der Waals surface area contributed by atoms with Crippen LogP contribution in [-0.2, 0) is 6.42 Å². The number of rotatable bonds is 5. The molecule has 0 saturated carbocycles. The smallest absolute Gasteiger partial charge is 0.107 e. The second-order valence-electron chi connectivity index (χ2n) is 4.06. The maximum absolute atomic E-state index is 12.7. The van der Waals surface area contributed by atoms with Crippen LogP contribution in [0.2, 0.25) is 0 Å². The highest BCUT2D eigenvalue weighted by Gasteiger charge is 2.17. The molecule has 0 N–H and O–H groups in total. The van der Waals surface area contributed by atoms with Gasteiger partial charge in [-0.25, -0.2) is 8.91 Å². The predicted octanol–water partition coefficient (Wildman–Crippen LogP) is 3.30. The molecule has 2 heterocycles. The first-order valence-corrected chi connectivity index (χ1v) is 7.27. The predicted molar refractivity (Wildman–Crippen MR) is 81.1 cm³/mol. The summed E-state index contributed by atoms with van der Waals surface area (Å²) in [5, 5.41) is 4.63. The van der Waals surface area contributed by atoms with Crippen molar-refractivity contribution >= 4 is 33.8 Å². The lowest BCUT2D eigenvalue weighted by atomic mass is 10.2. The molecule has 0 aromatic carbocycles. The van der Waals surface area contributed by atoms with E-state index in [4.69, 9.17) is 0 Å². The van der Waals surface area contributed by atoms with E-state index in [0.29, 0.717) is 6.54 Å². The Morgan fingerprint density at radius 1 is 1.39 bits per heavy atom. The van der Waals surface area contributed by atoms with Crippen molar-refractivity contribution in [2.75, 3.05) is 24.7 Å². The van der Waals surface area contributed by atoms with Crippen LogP contribution in [0.1, 0.15) is 19.5 Å². The first-order chi connectivity index (χ1) is 8.72. The molecule has 5 heteroatoms. The second-order valence-corrected chi connectivity index (χ2v) is 5.17. The van der Waals surface area contributed by atoms with Gasteiger partial charge >= 0.3 is 0 Å². The van der Waals surface area contributed by atoms with E-state index in [0.717, 1.165) is 33.6 Å². The summed E-state index contributed by atoms with van der Waals surface area (Å²) in [6, 6.07) is 6.09. The third-order valence-electron chi connectivity index (χ3n) is 3.04. The standard InChI is InChI=1S/C13H17FIN3/c1-3-10-13(17(4-2)9-8-14)11-6-5-7-12(15)18(11)16-10/h5-7H,3-4,8-9H2,1-2H3. The third kappa shape index (κ3) is 2.32. The summed E-state index contributed by atoms with van der Waals surface area (Å²) in [5.41, 5.74) is 3.18. The maximum Gasteiger partial charge on any atom is 0.107 e. The highest BCUT2D eigenvalue weighted by Crippen LogP contribution is 2.28. The lowest BCUT2D eigenvalue weighted by Crippen LogP contribution is -2.25. The number of aromatic nitrogens is 2. The molecule has 0 aliphatic carbocycles. The van der Waals surface area contributed by atoms with E-state index < -0.39 is 0 Å². The molecule has 0 spiro atoms. The van der Waals surface area contributed by atoms with Crippen molar-refractivity contribution in [1.29, 1.82) is 0 Å². The van der Waals surface area contributed by atoms with Crippen LogP contribution < -0.4 is 4.90 Å². The van der Waals surface area contributed by atoms with Crippen molar-refractivity contribution in [3.05, 3.63) is 27.6 Å². The SMILES string of the molecule is CCc1nn2c(I)cccc2c1N(CC)CCF. The molecule has 2 aromatic heterocycles. The van der Waals surface area contributed by atoms with Crippen molar-refractivity contribution in [3.8, 4) is 0 Å². The average molecular weight is 361 g/mol. The van der Waals surface area contributed by atoms with Crippen LogP contribution in [0.3, 0.4) is 0 Å². The zero-order valence-electron chi connectivity index (χ0n) is 10.7. The van der Waals surface area contributed by atoms with Crippen LogP contribution in [0, 0.1) is 3.70 Å². The molecule has 0 radical (unpaired) electrons. The van der Waals surface area contributed by atoms with Crippen LogP contribution in [0.5, 0.6) is 0 Å². The topological polar surface area (TPSA) is 20.5 Å². The largest absolute Gasteiger partial charge is 0.366 e. The van der Waals surface area contributed by atoms with Gasteiger partial charge in [-0.05, 0) is 48.1 Å². The van der Waals surface area contributed by atoms with Crippen LogP contribution >= 0.6 is 22.6 Å². The van der Waals surface area contributed by atoms with Crippen molar-refractivity contribution in [2.45, 2.75) is 20.3 Å². The average Bonchev–Trinajstić information content (AvgIpc) is 2.76. The van der Waals surface area contributed by atoms with E-state index in [-0.39, 0.29) is 6.67 Å². The van der Waals surface area contributed by atoms with Crippen molar-refractivity contribution < 1.29 is 4.39 Å². The minimum atomic E-state index is -0.335. The quantitative estimate of drug-likeness (QED) is 0.602. The summed E-state index contributed by atoms with van der Waals surface area (Å²) in [4.78, 5) is 2.07. The Morgan fingerprint density at radius 3 is 2.78 bits per heavy atom. The molecule has 0 aliphatic rings. The number of nitrogens with zero attached hydrogens (tertiary/aromatic N) is 3. The van der Waals surface area contributed by atoms with Gasteiger partial charge < -0.3 is 4.90 Å². The van der Waals surface area contributed by atoms with E-state index in [9.17, 15) is 4.39 Å². The van der Waals surface area contributed by atoms with E-state index in [1.165, 1.54) is 0 Å². The fourth-order valence-electron chi connectivity index (χ4n) is 2.18. The van der Waals surface area contributed by atoms with Crippen LogP contribution in [-0.4, -0.2) is 29.4 Å². The van der Waals surface area contributed by atoms with E-state index >= 15 is 0 Å². The molecule has 0 atom stereocenters. The van der Waals surface area contributed by atoms with Gasteiger partial charge in [0.25, 0.3) is 0 Å². The molecule has 18 heavy (non-hydrogen) atoms. The third-order valence-corrected chi connectivity index (χ3v) is 3.86. The van der Waals surface area contributed by atoms with Gasteiger partial charge in [-0.2, -0.15) is 5.10 Å². The first kappa shape index (κ1) is 13.6. The summed E-state index contributed by atoms with van der Waals surface area (Å²) in [5.74, 6) is 0. The Bertz CT molecular complexity index is 538. The van der Waals surface area contributed by atoms with Crippen molar-refractivity contribution in [2.24, 2.45) is 0 Å². The lowest BCUT2D eigenvalue weighted by Gasteiger charge is -2.21. The fraction of sp³-hybridized carbons (Fsp3) is 0.462. The number of hydrogen-bond donors (Lipinski definition) is 0. The van der Waals surface area contributed by atoms with Gasteiger partial charge in [-0.1, -0.05) is 13.0 Å². The van der Waals surface area contributed by atoms with Gasteiger partial charge in [0.05, 0.1) is 16.9 Å². The highest BCUT2D eigenvalue weighted by molar-refractivity contribution is 14.1. The Labute approximate surface area is 120 Å². The summed E-state index contributed by atoms with van der Waals surface area (Å²) in [6.07, 6.45) is 0.857. The second kappa shape index (κ2) is 5.86. The Hall–Kier alpha value is -0.850. The molecule has 0 unspecified atom stereocenters. The number of halogens is 2.